The molecule has 2 atom stereocenters. The Labute approximate surface area is 145 Å². The number of carbonyl (C=O) groups excluding carboxylic acids is 2. The molecule has 1 N–H and O–H groups in total. The van der Waals surface area contributed by atoms with Crippen LogP contribution in [-0.4, -0.2) is 24.4 Å². The van der Waals surface area contributed by atoms with Crippen molar-refractivity contribution in [2.45, 2.75) is 59.4 Å². The molecule has 0 bridgehead atoms. The van der Waals surface area contributed by atoms with Crippen LogP contribution in [0.15, 0.2) is 24.3 Å². The Morgan fingerprint density at radius 3 is 2.62 bits per heavy atom. The highest BCUT2D eigenvalue weighted by atomic mass is 16.2. The summed E-state index contributed by atoms with van der Waals surface area (Å²) in [6, 6.07) is 8.00. The lowest BCUT2D eigenvalue weighted by atomic mass is 10.0. The van der Waals surface area contributed by atoms with Gasteiger partial charge in [0.15, 0.2) is 0 Å². The molecule has 1 heterocycles. The van der Waals surface area contributed by atoms with Gasteiger partial charge in [0.2, 0.25) is 11.8 Å². The van der Waals surface area contributed by atoms with E-state index in [1.807, 2.05) is 38.1 Å². The molecule has 4 heteroatoms. The topological polar surface area (TPSA) is 49.4 Å². The van der Waals surface area contributed by atoms with Gasteiger partial charge in [-0.25, -0.2) is 0 Å². The molecule has 2 rings (SSSR count). The molecule has 1 aliphatic heterocycles. The van der Waals surface area contributed by atoms with Gasteiger partial charge in [0.05, 0.1) is 5.92 Å². The molecule has 0 radical (unpaired) electrons. The molecule has 0 saturated carbocycles. The number of rotatable bonds is 7. The van der Waals surface area contributed by atoms with Gasteiger partial charge in [-0.1, -0.05) is 44.9 Å². The van der Waals surface area contributed by atoms with Crippen molar-refractivity contribution in [3.63, 3.8) is 0 Å². The largest absolute Gasteiger partial charge is 0.353 e. The monoisotopic (exact) mass is 330 g/mol. The second kappa shape index (κ2) is 8.32. The normalized spacial score (nSPS) is 19.0. The molecule has 1 fully saturated rings. The van der Waals surface area contributed by atoms with E-state index in [2.05, 4.69) is 19.2 Å². The first kappa shape index (κ1) is 18.5. The molecule has 0 aliphatic carbocycles. The van der Waals surface area contributed by atoms with Gasteiger partial charge in [-0.2, -0.15) is 0 Å². The lowest BCUT2D eigenvalue weighted by Crippen LogP contribution is -2.38. The minimum Gasteiger partial charge on any atom is -0.353 e. The van der Waals surface area contributed by atoms with Crippen LogP contribution in [0, 0.1) is 18.8 Å². The van der Waals surface area contributed by atoms with Gasteiger partial charge in [-0.3, -0.25) is 9.59 Å². The van der Waals surface area contributed by atoms with Gasteiger partial charge in [-0.05, 0) is 37.8 Å². The second-order valence-corrected chi connectivity index (χ2v) is 7.43. The number of para-hydroxylation sites is 1. The molecule has 1 aromatic rings. The Morgan fingerprint density at radius 1 is 1.25 bits per heavy atom. The fourth-order valence-electron chi connectivity index (χ4n) is 3.25. The Morgan fingerprint density at radius 2 is 1.96 bits per heavy atom. The van der Waals surface area contributed by atoms with Gasteiger partial charge in [0.25, 0.3) is 0 Å². The first-order valence-electron chi connectivity index (χ1n) is 9.04. The third kappa shape index (κ3) is 4.83. The van der Waals surface area contributed by atoms with Crippen LogP contribution in [0.4, 0.5) is 5.69 Å². The Bertz CT molecular complexity index is 583. The number of benzene rings is 1. The summed E-state index contributed by atoms with van der Waals surface area (Å²) in [6.45, 7) is 8.95. The van der Waals surface area contributed by atoms with Crippen molar-refractivity contribution in [3.05, 3.63) is 29.8 Å². The lowest BCUT2D eigenvalue weighted by Gasteiger charge is -2.20. The number of anilines is 1. The molecule has 4 nitrogen and oxygen atoms in total. The van der Waals surface area contributed by atoms with E-state index in [-0.39, 0.29) is 23.8 Å². The summed E-state index contributed by atoms with van der Waals surface area (Å²) in [6.07, 6.45) is 3.60. The minimum atomic E-state index is -0.246. The Balaban J connectivity index is 1.88. The zero-order valence-corrected chi connectivity index (χ0v) is 15.3. The van der Waals surface area contributed by atoms with E-state index in [0.717, 1.165) is 24.1 Å². The van der Waals surface area contributed by atoms with E-state index < -0.39 is 0 Å². The van der Waals surface area contributed by atoms with Crippen LogP contribution in [0.1, 0.15) is 52.0 Å². The SMILES string of the molecule is Cc1ccccc1N1C[C@H](C(=O)N[C@@H](C)CCCC(C)C)CC1=O. The first-order valence-corrected chi connectivity index (χ1v) is 9.04. The number of hydrogen-bond acceptors (Lipinski definition) is 2. The van der Waals surface area contributed by atoms with Crippen molar-refractivity contribution in [1.29, 1.82) is 0 Å². The maximum atomic E-state index is 12.5. The van der Waals surface area contributed by atoms with E-state index >= 15 is 0 Å². The van der Waals surface area contributed by atoms with Crippen molar-refractivity contribution in [2.75, 3.05) is 11.4 Å². The van der Waals surface area contributed by atoms with Crippen LogP contribution < -0.4 is 10.2 Å². The summed E-state index contributed by atoms with van der Waals surface area (Å²) in [5.74, 6) is 0.501. The molecule has 132 valence electrons. The van der Waals surface area contributed by atoms with Crippen molar-refractivity contribution in [1.82, 2.24) is 5.32 Å². The zero-order valence-electron chi connectivity index (χ0n) is 15.3. The summed E-state index contributed by atoms with van der Waals surface area (Å²) in [5, 5.41) is 3.08. The van der Waals surface area contributed by atoms with E-state index in [4.69, 9.17) is 0 Å². The summed E-state index contributed by atoms with van der Waals surface area (Å²) < 4.78 is 0. The molecule has 1 aliphatic rings. The van der Waals surface area contributed by atoms with Gasteiger partial charge < -0.3 is 10.2 Å². The van der Waals surface area contributed by atoms with Gasteiger partial charge in [-0.15, -0.1) is 0 Å². The van der Waals surface area contributed by atoms with Crippen LogP contribution >= 0.6 is 0 Å². The number of hydrogen-bond donors (Lipinski definition) is 1. The van der Waals surface area contributed by atoms with Crippen LogP contribution in [0.3, 0.4) is 0 Å². The quantitative estimate of drug-likeness (QED) is 0.829. The molecule has 0 spiro atoms. The zero-order chi connectivity index (χ0) is 17.7. The third-order valence-electron chi connectivity index (χ3n) is 4.71. The number of carbonyl (C=O) groups is 2. The van der Waals surface area contributed by atoms with E-state index in [0.29, 0.717) is 18.9 Å². The second-order valence-electron chi connectivity index (χ2n) is 7.43. The van der Waals surface area contributed by atoms with Crippen molar-refractivity contribution in [2.24, 2.45) is 11.8 Å². The molecular formula is C20H30N2O2. The minimum absolute atomic E-state index is 0.0106. The van der Waals surface area contributed by atoms with Crippen molar-refractivity contribution < 1.29 is 9.59 Å². The molecule has 2 amide bonds. The molecule has 1 aromatic carbocycles. The molecule has 24 heavy (non-hydrogen) atoms. The number of amides is 2. The summed E-state index contributed by atoms with van der Waals surface area (Å²) >= 11 is 0. The van der Waals surface area contributed by atoms with E-state index in [9.17, 15) is 9.59 Å². The van der Waals surface area contributed by atoms with Crippen LogP contribution in [0.2, 0.25) is 0 Å². The highest BCUT2D eigenvalue weighted by Crippen LogP contribution is 2.27. The smallest absolute Gasteiger partial charge is 0.227 e. The van der Waals surface area contributed by atoms with Gasteiger partial charge >= 0.3 is 0 Å². The van der Waals surface area contributed by atoms with E-state index in [1.54, 1.807) is 4.90 Å². The maximum absolute atomic E-state index is 12.5. The summed E-state index contributed by atoms with van der Waals surface area (Å²) in [7, 11) is 0. The van der Waals surface area contributed by atoms with Crippen molar-refractivity contribution >= 4 is 17.5 Å². The van der Waals surface area contributed by atoms with Crippen LogP contribution in [-0.2, 0) is 9.59 Å². The highest BCUT2D eigenvalue weighted by molar-refractivity contribution is 6.00. The third-order valence-corrected chi connectivity index (χ3v) is 4.71. The molecule has 1 saturated heterocycles. The Hall–Kier alpha value is -1.84. The fraction of sp³-hybridized carbons (Fsp3) is 0.600. The van der Waals surface area contributed by atoms with E-state index in [1.165, 1.54) is 6.42 Å². The summed E-state index contributed by atoms with van der Waals surface area (Å²) in [4.78, 5) is 26.5. The molecule has 0 aromatic heterocycles. The van der Waals surface area contributed by atoms with Crippen molar-refractivity contribution in [3.8, 4) is 0 Å². The number of aryl methyl sites for hydroxylation is 1. The number of nitrogens with zero attached hydrogens (tertiary/aromatic N) is 1. The molecule has 0 unspecified atom stereocenters. The standard InChI is InChI=1S/C20H30N2O2/c1-14(2)8-7-10-16(4)21-20(24)17-12-19(23)22(13-17)18-11-6-5-9-15(18)3/h5-6,9,11,14,16-17H,7-8,10,12-13H2,1-4H3,(H,21,24)/t16-,17+/m0/s1. The highest BCUT2D eigenvalue weighted by Gasteiger charge is 2.35. The first-order chi connectivity index (χ1) is 11.4. The predicted octanol–water partition coefficient (Wildman–Crippen LogP) is 3.68. The average molecular weight is 330 g/mol. The van der Waals surface area contributed by atoms with Gasteiger partial charge in [0, 0.05) is 24.7 Å². The van der Waals surface area contributed by atoms with Crippen LogP contribution in [0.25, 0.3) is 0 Å². The lowest BCUT2D eigenvalue weighted by molar-refractivity contribution is -0.126. The maximum Gasteiger partial charge on any atom is 0.227 e. The Kier molecular flexibility index (Phi) is 6.41. The fourth-order valence-corrected chi connectivity index (χ4v) is 3.25. The van der Waals surface area contributed by atoms with Gasteiger partial charge in [0.1, 0.15) is 0 Å². The van der Waals surface area contributed by atoms with Crippen LogP contribution in [0.5, 0.6) is 0 Å². The average Bonchev–Trinajstić information content (AvgIpc) is 2.89. The molecular weight excluding hydrogens is 300 g/mol. The number of nitrogens with one attached hydrogen (secondary N) is 1. The predicted molar refractivity (Wildman–Crippen MR) is 97.9 cm³/mol. The summed E-state index contributed by atoms with van der Waals surface area (Å²) in [5.41, 5.74) is 1.98.